The van der Waals surface area contributed by atoms with Crippen molar-refractivity contribution < 1.29 is 19.0 Å². The van der Waals surface area contributed by atoms with Crippen molar-refractivity contribution in [2.45, 2.75) is 0 Å². The second-order valence-corrected chi connectivity index (χ2v) is 7.93. The fourth-order valence-corrected chi connectivity index (χ4v) is 3.85. The third-order valence-electron chi connectivity index (χ3n) is 4.92. The summed E-state index contributed by atoms with van der Waals surface area (Å²) >= 11 is 3.44. The number of carbonyl (C=O) groups excluding carboxylic acids is 1. The number of fused-ring (bicyclic) bond motifs is 1. The second kappa shape index (κ2) is 10.3. The van der Waals surface area contributed by atoms with Crippen LogP contribution in [0.25, 0.3) is 22.3 Å². The Bertz CT molecular complexity index is 1430. The van der Waals surface area contributed by atoms with Gasteiger partial charge in [0.15, 0.2) is 23.9 Å². The molecule has 0 aliphatic carbocycles. The molecular formula is C25H20BrN3O5. The number of esters is 1. The molecule has 0 radical (unpaired) electrons. The van der Waals surface area contributed by atoms with Crippen LogP contribution in [0.5, 0.6) is 11.5 Å². The summed E-state index contributed by atoms with van der Waals surface area (Å²) in [7, 11) is 2.77. The van der Waals surface area contributed by atoms with Crippen molar-refractivity contribution in [1.82, 2.24) is 9.66 Å². The number of nitrogens with zero attached hydrogens (tertiary/aromatic N) is 3. The molecule has 0 saturated carbocycles. The Hall–Kier alpha value is -3.98. The van der Waals surface area contributed by atoms with E-state index < -0.39 is 5.97 Å². The number of rotatable bonds is 7. The summed E-state index contributed by atoms with van der Waals surface area (Å²) in [5.41, 5.74) is 1.69. The summed E-state index contributed by atoms with van der Waals surface area (Å²) in [4.78, 5) is 29.4. The Morgan fingerprint density at radius 3 is 2.56 bits per heavy atom. The number of para-hydroxylation sites is 1. The third kappa shape index (κ3) is 4.84. The number of carbonyl (C=O) groups is 1. The number of methoxy groups -OCH3 is 2. The van der Waals surface area contributed by atoms with Gasteiger partial charge in [-0.25, -0.2) is 9.78 Å². The van der Waals surface area contributed by atoms with Crippen LogP contribution in [0, 0.1) is 0 Å². The number of halogens is 1. The van der Waals surface area contributed by atoms with E-state index in [-0.39, 0.29) is 12.2 Å². The summed E-state index contributed by atoms with van der Waals surface area (Å²) in [6.07, 6.45) is 1.53. The van der Waals surface area contributed by atoms with Crippen LogP contribution in [0.4, 0.5) is 0 Å². The average Bonchev–Trinajstić information content (AvgIpc) is 2.87. The molecule has 0 unspecified atom stereocenters. The quantitative estimate of drug-likeness (QED) is 0.266. The molecule has 1 heterocycles. The van der Waals surface area contributed by atoms with Gasteiger partial charge in [-0.3, -0.25) is 4.79 Å². The van der Waals surface area contributed by atoms with Crippen molar-refractivity contribution in [3.8, 4) is 22.9 Å². The van der Waals surface area contributed by atoms with Crippen LogP contribution < -0.4 is 15.0 Å². The molecule has 0 aliphatic heterocycles. The Morgan fingerprint density at radius 1 is 1.09 bits per heavy atom. The highest BCUT2D eigenvalue weighted by Gasteiger charge is 2.15. The Balaban J connectivity index is 1.78. The van der Waals surface area contributed by atoms with Gasteiger partial charge in [0.2, 0.25) is 0 Å². The van der Waals surface area contributed by atoms with Gasteiger partial charge in [-0.1, -0.05) is 42.5 Å². The molecule has 34 heavy (non-hydrogen) atoms. The molecule has 3 aromatic carbocycles. The van der Waals surface area contributed by atoms with Crippen LogP contribution in [0.3, 0.4) is 0 Å². The smallest absolute Gasteiger partial charge is 0.343 e. The van der Waals surface area contributed by atoms with Gasteiger partial charge in [0.25, 0.3) is 5.56 Å². The van der Waals surface area contributed by atoms with Crippen molar-refractivity contribution >= 4 is 39.0 Å². The van der Waals surface area contributed by atoms with Gasteiger partial charge in [0.1, 0.15) is 0 Å². The van der Waals surface area contributed by atoms with Crippen molar-refractivity contribution in [3.05, 3.63) is 87.1 Å². The molecule has 4 aromatic rings. The lowest BCUT2D eigenvalue weighted by molar-refractivity contribution is -0.142. The molecule has 0 bridgehead atoms. The van der Waals surface area contributed by atoms with Gasteiger partial charge in [0.05, 0.1) is 35.8 Å². The molecule has 0 spiro atoms. The molecule has 8 nitrogen and oxygen atoms in total. The van der Waals surface area contributed by atoms with E-state index in [0.29, 0.717) is 38.3 Å². The predicted octanol–water partition coefficient (Wildman–Crippen LogP) is 4.27. The van der Waals surface area contributed by atoms with Gasteiger partial charge in [-0.05, 0) is 45.8 Å². The van der Waals surface area contributed by atoms with Gasteiger partial charge < -0.3 is 14.2 Å². The van der Waals surface area contributed by atoms with Crippen molar-refractivity contribution in [3.63, 3.8) is 0 Å². The zero-order chi connectivity index (χ0) is 24.1. The molecule has 0 amide bonds. The number of aromatic nitrogens is 2. The first-order valence-electron chi connectivity index (χ1n) is 10.2. The number of hydrogen-bond donors (Lipinski definition) is 0. The van der Waals surface area contributed by atoms with Crippen LogP contribution in [-0.2, 0) is 9.53 Å². The van der Waals surface area contributed by atoms with E-state index in [9.17, 15) is 9.59 Å². The van der Waals surface area contributed by atoms with Gasteiger partial charge >= 0.3 is 5.97 Å². The molecule has 0 fully saturated rings. The molecule has 0 N–H and O–H groups in total. The van der Waals surface area contributed by atoms with Crippen LogP contribution in [0.1, 0.15) is 5.56 Å². The highest BCUT2D eigenvalue weighted by molar-refractivity contribution is 9.10. The standard InChI is InChI=1S/C25H20BrN3O5/c1-32-21-13-16(12-19(26)23(21)34-15-22(30)33-2)14-27-29-24(17-8-4-3-5-9-17)28-20-11-7-6-10-18(20)25(29)31/h3-14H,15H2,1-2H3. The lowest BCUT2D eigenvalue weighted by Gasteiger charge is -2.13. The van der Waals surface area contributed by atoms with Crippen LogP contribution in [0.15, 0.2) is 81.1 Å². The van der Waals surface area contributed by atoms with E-state index in [1.165, 1.54) is 25.1 Å². The molecule has 0 atom stereocenters. The molecule has 9 heteroatoms. The zero-order valence-electron chi connectivity index (χ0n) is 18.4. The van der Waals surface area contributed by atoms with E-state index in [1.54, 1.807) is 30.3 Å². The predicted molar refractivity (Wildman–Crippen MR) is 133 cm³/mol. The normalized spacial score (nSPS) is 11.0. The fraction of sp³-hybridized carbons (Fsp3) is 0.120. The molecule has 0 aliphatic rings. The highest BCUT2D eigenvalue weighted by atomic mass is 79.9. The molecule has 4 rings (SSSR count). The zero-order valence-corrected chi connectivity index (χ0v) is 20.0. The number of hydrogen-bond acceptors (Lipinski definition) is 7. The summed E-state index contributed by atoms with van der Waals surface area (Å²) in [6.45, 7) is -0.266. The van der Waals surface area contributed by atoms with Crippen LogP contribution in [-0.4, -0.2) is 42.7 Å². The summed E-state index contributed by atoms with van der Waals surface area (Å²) in [6, 6.07) is 19.9. The second-order valence-electron chi connectivity index (χ2n) is 7.08. The fourth-order valence-electron chi connectivity index (χ4n) is 3.27. The van der Waals surface area contributed by atoms with Crippen molar-refractivity contribution in [1.29, 1.82) is 0 Å². The SMILES string of the molecule is COC(=O)COc1c(Br)cc(C=Nn2c(-c3ccccc3)nc3ccccc3c2=O)cc1OC. The number of benzene rings is 3. The maximum Gasteiger partial charge on any atom is 0.343 e. The van der Waals surface area contributed by atoms with Crippen LogP contribution in [0.2, 0.25) is 0 Å². The topological polar surface area (TPSA) is 92.0 Å². The van der Waals surface area contributed by atoms with E-state index in [2.05, 4.69) is 30.8 Å². The molecule has 0 saturated heterocycles. The first-order valence-corrected chi connectivity index (χ1v) is 11.0. The van der Waals surface area contributed by atoms with Crippen molar-refractivity contribution in [2.24, 2.45) is 5.10 Å². The monoisotopic (exact) mass is 521 g/mol. The first-order chi connectivity index (χ1) is 16.5. The molecule has 172 valence electrons. The van der Waals surface area contributed by atoms with Gasteiger partial charge in [-0.2, -0.15) is 9.78 Å². The lowest BCUT2D eigenvalue weighted by Crippen LogP contribution is -2.20. The molecule has 1 aromatic heterocycles. The summed E-state index contributed by atoms with van der Waals surface area (Å²) in [5, 5.41) is 4.92. The number of ether oxygens (including phenoxy) is 3. The highest BCUT2D eigenvalue weighted by Crippen LogP contribution is 2.36. The van der Waals surface area contributed by atoms with E-state index in [1.807, 2.05) is 36.4 Å². The van der Waals surface area contributed by atoms with E-state index in [4.69, 9.17) is 9.47 Å². The third-order valence-corrected chi connectivity index (χ3v) is 5.51. The van der Waals surface area contributed by atoms with Gasteiger partial charge in [0, 0.05) is 5.56 Å². The van der Waals surface area contributed by atoms with Crippen molar-refractivity contribution in [2.75, 3.05) is 20.8 Å². The summed E-state index contributed by atoms with van der Waals surface area (Å²) < 4.78 is 17.4. The maximum atomic E-state index is 13.3. The minimum absolute atomic E-state index is 0.266. The minimum Gasteiger partial charge on any atom is -0.493 e. The van der Waals surface area contributed by atoms with E-state index in [0.717, 1.165) is 5.56 Å². The Labute approximate surface area is 203 Å². The Morgan fingerprint density at radius 2 is 1.82 bits per heavy atom. The molecular weight excluding hydrogens is 502 g/mol. The lowest BCUT2D eigenvalue weighted by atomic mass is 10.2. The maximum absolute atomic E-state index is 13.3. The largest absolute Gasteiger partial charge is 0.493 e. The van der Waals surface area contributed by atoms with Crippen LogP contribution >= 0.6 is 15.9 Å². The minimum atomic E-state index is -0.517. The van der Waals surface area contributed by atoms with Gasteiger partial charge in [-0.15, -0.1) is 0 Å². The van der Waals surface area contributed by atoms with E-state index >= 15 is 0 Å². The summed E-state index contributed by atoms with van der Waals surface area (Å²) in [5.74, 6) is 0.632. The Kier molecular flexibility index (Phi) is 7.03. The average molecular weight is 522 g/mol. The first kappa shape index (κ1) is 23.2.